The van der Waals surface area contributed by atoms with E-state index in [0.29, 0.717) is 19.3 Å². The van der Waals surface area contributed by atoms with E-state index in [0.717, 1.165) is 50.1 Å². The molecule has 0 aromatic heterocycles. The van der Waals surface area contributed by atoms with E-state index in [9.17, 15) is 0 Å². The second kappa shape index (κ2) is 20.9. The molecule has 0 radical (unpaired) electrons. The van der Waals surface area contributed by atoms with Gasteiger partial charge in [-0.2, -0.15) is 10.5 Å². The molecule has 0 atom stereocenters. The lowest BCUT2D eigenvalue weighted by atomic mass is 9.92. The topological polar surface area (TPSA) is 178 Å². The van der Waals surface area contributed by atoms with Gasteiger partial charge in [0, 0.05) is 18.6 Å². The van der Waals surface area contributed by atoms with Crippen LogP contribution in [0.3, 0.4) is 0 Å². The number of allylic oxidation sites excluding steroid dienone is 20. The molecule has 0 fully saturated rings. The van der Waals surface area contributed by atoms with Gasteiger partial charge in [-0.05, 0) is 121 Å². The van der Waals surface area contributed by atoms with Gasteiger partial charge >= 0.3 is 0 Å². The van der Waals surface area contributed by atoms with E-state index in [-0.39, 0.29) is 11.4 Å². The molecule has 0 saturated carbocycles. The molecule has 0 saturated heterocycles. The van der Waals surface area contributed by atoms with E-state index in [1.54, 1.807) is 30.8 Å². The van der Waals surface area contributed by atoms with Crippen molar-refractivity contribution >= 4 is 16.7 Å². The molecule has 0 unspecified atom stereocenters. The Balaban J connectivity index is 3.65. The molecule has 0 bridgehead atoms. The molecular weight excluding hydrogens is 554 g/mol. The van der Waals surface area contributed by atoms with Gasteiger partial charge in [0.25, 0.3) is 0 Å². The predicted molar refractivity (Wildman–Crippen MR) is 191 cm³/mol. The van der Waals surface area contributed by atoms with Gasteiger partial charge in [0.15, 0.2) is 0 Å². The minimum atomic E-state index is 0.146. The monoisotopic (exact) mass is 599 g/mol. The van der Waals surface area contributed by atoms with Crippen LogP contribution >= 0.6 is 0 Å². The first-order valence-electron chi connectivity index (χ1n) is 14.5. The van der Waals surface area contributed by atoms with Crippen molar-refractivity contribution in [3.8, 4) is 12.1 Å². The zero-order chi connectivity index (χ0) is 33.6. The Morgan fingerprint density at radius 2 is 0.933 bits per heavy atom. The van der Waals surface area contributed by atoms with Crippen LogP contribution in [-0.4, -0.2) is 0 Å². The number of benzene rings is 1. The van der Waals surface area contributed by atoms with Crippen LogP contribution in [-0.2, 0) is 0 Å². The van der Waals surface area contributed by atoms with E-state index in [4.69, 9.17) is 39.2 Å². The predicted octanol–water partition coefficient (Wildman–Crippen LogP) is 7.18. The van der Waals surface area contributed by atoms with E-state index >= 15 is 0 Å². The molecule has 10 N–H and O–H groups in total. The molecule has 0 aliphatic rings. The lowest BCUT2D eigenvalue weighted by Gasteiger charge is -2.13. The minimum absolute atomic E-state index is 0.146. The second-order valence-electron chi connectivity index (χ2n) is 9.70. The summed E-state index contributed by atoms with van der Waals surface area (Å²) in [6, 6.07) is 9.94. The Morgan fingerprint density at radius 3 is 1.18 bits per heavy atom. The van der Waals surface area contributed by atoms with Gasteiger partial charge in [-0.3, -0.25) is 0 Å². The van der Waals surface area contributed by atoms with Crippen LogP contribution in [0.5, 0.6) is 0 Å². The molecule has 7 nitrogen and oxygen atoms in total. The summed E-state index contributed by atoms with van der Waals surface area (Å²) in [5.74, 6) is 0. The number of rotatable bonds is 15. The van der Waals surface area contributed by atoms with Crippen molar-refractivity contribution in [1.82, 2.24) is 0 Å². The fourth-order valence-corrected chi connectivity index (χ4v) is 4.14. The van der Waals surface area contributed by atoms with Gasteiger partial charge < -0.3 is 28.7 Å². The fraction of sp³-hybridized carbons (Fsp3) is 0.158. The molecule has 0 amide bonds. The molecule has 0 aliphatic carbocycles. The Labute approximate surface area is 268 Å². The highest BCUT2D eigenvalue weighted by atomic mass is 14.6. The quantitative estimate of drug-likeness (QED) is 0.105. The van der Waals surface area contributed by atoms with Gasteiger partial charge in [0.05, 0.1) is 0 Å². The number of nitrogens with two attached hydrogens (primary N) is 5. The summed E-state index contributed by atoms with van der Waals surface area (Å²) in [6.07, 6.45) is 29.3. The van der Waals surface area contributed by atoms with Crippen molar-refractivity contribution in [2.75, 3.05) is 0 Å². The number of nitrogens with zero attached hydrogens (tertiary/aromatic N) is 2. The van der Waals surface area contributed by atoms with Gasteiger partial charge in [0.1, 0.15) is 23.5 Å². The Kier molecular flexibility index (Phi) is 17.2. The van der Waals surface area contributed by atoms with E-state index < -0.39 is 0 Å². The number of nitriles is 2. The number of hydrogen-bond donors (Lipinski definition) is 5. The van der Waals surface area contributed by atoms with Crippen molar-refractivity contribution in [1.29, 1.82) is 10.5 Å². The SMILES string of the molecule is C=C/C(=C\C)C/C=C\C(=C/N)c1cc(C(/C=C\CC(/C=C(\N)C#N)=C/C)=C/N)cc(C(/C=C\CC(/C=C(\N)C#N)=C/C)=C/N)c1. The van der Waals surface area contributed by atoms with E-state index in [1.165, 1.54) is 0 Å². The first-order chi connectivity index (χ1) is 21.7. The van der Waals surface area contributed by atoms with E-state index in [1.807, 2.05) is 112 Å². The summed E-state index contributed by atoms with van der Waals surface area (Å²) >= 11 is 0. The van der Waals surface area contributed by atoms with Gasteiger partial charge in [-0.25, -0.2) is 0 Å². The maximum absolute atomic E-state index is 9.03. The molecule has 45 heavy (non-hydrogen) atoms. The molecule has 0 heterocycles. The maximum Gasteiger partial charge on any atom is 0.117 e. The lowest BCUT2D eigenvalue weighted by Crippen LogP contribution is -1.97. The summed E-state index contributed by atoms with van der Waals surface area (Å²) in [4.78, 5) is 0. The standard InChI is InChI=1S/C38H45N7/c1-5-28(6-2)12-9-15-31(23-39)34-20-35(32(24-40)16-10-13-29(7-3)18-37(44)26-42)22-36(21-34)33(25-41)17-11-14-30(8-4)19-38(45)27-43/h5-11,15-25H,1,12-14,39-41,44-45H2,2-4H3/b15-9-,16-10-,17-11-,28-6+,29-7-,30-8-,31-23+,32-24+,33-25+,37-18-,38-19-. The van der Waals surface area contributed by atoms with Crippen LogP contribution in [0.25, 0.3) is 16.7 Å². The van der Waals surface area contributed by atoms with Crippen molar-refractivity contribution in [3.63, 3.8) is 0 Å². The van der Waals surface area contributed by atoms with Crippen molar-refractivity contribution in [2.45, 2.75) is 40.0 Å². The van der Waals surface area contributed by atoms with Crippen LogP contribution in [0.4, 0.5) is 0 Å². The first kappa shape index (κ1) is 37.1. The summed E-state index contributed by atoms with van der Waals surface area (Å²) in [5.41, 5.74) is 37.9. The summed E-state index contributed by atoms with van der Waals surface area (Å²) in [7, 11) is 0. The third-order valence-corrected chi connectivity index (χ3v) is 6.74. The highest BCUT2D eigenvalue weighted by molar-refractivity contribution is 5.85. The van der Waals surface area contributed by atoms with Crippen LogP contribution in [0.2, 0.25) is 0 Å². The minimum Gasteiger partial charge on any atom is -0.404 e. The summed E-state index contributed by atoms with van der Waals surface area (Å²) in [5, 5.41) is 18.1. The normalized spacial score (nSPS) is 14.8. The Morgan fingerprint density at radius 1 is 0.622 bits per heavy atom. The molecule has 1 rings (SSSR count). The molecule has 232 valence electrons. The first-order valence-corrected chi connectivity index (χ1v) is 14.5. The Hall–Kier alpha value is -5.92. The molecule has 1 aromatic rings. The second-order valence-corrected chi connectivity index (χ2v) is 9.70. The molecule has 0 aliphatic heterocycles. The molecule has 0 spiro atoms. The largest absolute Gasteiger partial charge is 0.404 e. The van der Waals surface area contributed by atoms with Gasteiger partial charge in [0.2, 0.25) is 0 Å². The van der Waals surface area contributed by atoms with Crippen molar-refractivity contribution in [2.24, 2.45) is 28.7 Å². The van der Waals surface area contributed by atoms with Crippen LogP contribution in [0, 0.1) is 22.7 Å². The smallest absolute Gasteiger partial charge is 0.117 e. The van der Waals surface area contributed by atoms with Crippen molar-refractivity contribution < 1.29 is 0 Å². The van der Waals surface area contributed by atoms with Crippen LogP contribution in [0.15, 0.2) is 144 Å². The maximum atomic E-state index is 9.03. The zero-order valence-corrected chi connectivity index (χ0v) is 26.5. The van der Waals surface area contributed by atoms with Gasteiger partial charge in [-0.1, -0.05) is 67.3 Å². The van der Waals surface area contributed by atoms with Crippen molar-refractivity contribution in [3.05, 3.63) is 161 Å². The summed E-state index contributed by atoms with van der Waals surface area (Å²) < 4.78 is 0. The third-order valence-electron chi connectivity index (χ3n) is 6.74. The molecule has 7 heteroatoms. The average Bonchev–Trinajstić information content (AvgIpc) is 3.07. The fourth-order valence-electron chi connectivity index (χ4n) is 4.14. The average molecular weight is 600 g/mol. The summed E-state index contributed by atoms with van der Waals surface area (Å²) in [6.45, 7) is 9.63. The zero-order valence-electron chi connectivity index (χ0n) is 26.5. The third kappa shape index (κ3) is 12.9. The molecular formula is C38H45N7. The van der Waals surface area contributed by atoms with Crippen LogP contribution in [0.1, 0.15) is 56.7 Å². The Bertz CT molecular complexity index is 1520. The van der Waals surface area contributed by atoms with E-state index in [2.05, 4.69) is 6.58 Å². The lowest BCUT2D eigenvalue weighted by molar-refractivity contribution is 1.24. The highest BCUT2D eigenvalue weighted by Crippen LogP contribution is 2.29. The number of hydrogen-bond acceptors (Lipinski definition) is 7. The molecule has 1 aromatic carbocycles. The highest BCUT2D eigenvalue weighted by Gasteiger charge is 2.09. The van der Waals surface area contributed by atoms with Crippen LogP contribution < -0.4 is 28.7 Å². The van der Waals surface area contributed by atoms with Gasteiger partial charge in [-0.15, -0.1) is 0 Å².